The maximum atomic E-state index is 11.7. The molecule has 1 aliphatic heterocycles. The maximum absolute atomic E-state index is 11.7. The van der Waals surface area contributed by atoms with E-state index in [0.717, 1.165) is 6.42 Å². The number of amides is 1. The highest BCUT2D eigenvalue weighted by Crippen LogP contribution is 2.01. The molecule has 0 aromatic carbocycles. The number of ether oxygens (including phenoxy) is 1. The molecule has 0 spiro atoms. The number of morpholine rings is 1. The summed E-state index contributed by atoms with van der Waals surface area (Å²) in [5.74, 6) is -0.643. The first kappa shape index (κ1) is 13.9. The highest BCUT2D eigenvalue weighted by molar-refractivity contribution is 5.76. The van der Waals surface area contributed by atoms with E-state index in [-0.39, 0.29) is 12.3 Å². The first-order chi connectivity index (χ1) is 8.20. The van der Waals surface area contributed by atoms with Gasteiger partial charge in [0.05, 0.1) is 19.6 Å². The Morgan fingerprint density at radius 3 is 2.53 bits per heavy atom. The summed E-state index contributed by atoms with van der Waals surface area (Å²) in [6.07, 6.45) is 1.38. The number of carboxylic acids is 1. The second-order valence-electron chi connectivity index (χ2n) is 3.99. The molecule has 1 saturated heterocycles. The lowest BCUT2D eigenvalue weighted by Gasteiger charge is -2.26. The third kappa shape index (κ3) is 6.23. The molecule has 1 fully saturated rings. The van der Waals surface area contributed by atoms with Crippen LogP contribution in [0.1, 0.15) is 19.3 Å². The molecule has 1 rings (SSSR count). The quantitative estimate of drug-likeness (QED) is 0.601. The predicted octanol–water partition coefficient (Wildman–Crippen LogP) is -0.310. The number of aliphatic carboxylic acids is 1. The van der Waals surface area contributed by atoms with Gasteiger partial charge in [0.2, 0.25) is 5.91 Å². The minimum Gasteiger partial charge on any atom is -0.481 e. The van der Waals surface area contributed by atoms with Gasteiger partial charge in [-0.2, -0.15) is 0 Å². The van der Waals surface area contributed by atoms with Gasteiger partial charge in [0.15, 0.2) is 0 Å². The Balaban J connectivity index is 1.98. The zero-order chi connectivity index (χ0) is 12.5. The highest BCUT2D eigenvalue weighted by Gasteiger charge is 2.15. The Morgan fingerprint density at radius 2 is 1.88 bits per heavy atom. The van der Waals surface area contributed by atoms with Crippen molar-refractivity contribution in [2.75, 3.05) is 39.4 Å². The number of rotatable bonds is 7. The molecule has 2 N–H and O–H groups in total. The van der Waals surface area contributed by atoms with Crippen molar-refractivity contribution in [1.82, 2.24) is 10.2 Å². The van der Waals surface area contributed by atoms with E-state index >= 15 is 0 Å². The fourth-order valence-electron chi connectivity index (χ4n) is 1.66. The summed E-state index contributed by atoms with van der Waals surface area (Å²) in [4.78, 5) is 23.7. The van der Waals surface area contributed by atoms with Crippen molar-refractivity contribution in [2.24, 2.45) is 0 Å². The molecule has 1 amide bonds. The molecular weight excluding hydrogens is 224 g/mol. The predicted molar refractivity (Wildman–Crippen MR) is 61.8 cm³/mol. The molecule has 6 heteroatoms. The van der Waals surface area contributed by atoms with Crippen molar-refractivity contribution in [3.63, 3.8) is 0 Å². The topological polar surface area (TPSA) is 78.9 Å². The third-order valence-corrected chi connectivity index (χ3v) is 2.62. The van der Waals surface area contributed by atoms with Gasteiger partial charge in [-0.1, -0.05) is 0 Å². The first-order valence-electron chi connectivity index (χ1n) is 5.98. The van der Waals surface area contributed by atoms with Gasteiger partial charge in [0.1, 0.15) is 0 Å². The Hall–Kier alpha value is -1.14. The second kappa shape index (κ2) is 8.03. The summed E-state index contributed by atoms with van der Waals surface area (Å²) in [6.45, 7) is 3.77. The van der Waals surface area contributed by atoms with Crippen LogP contribution in [-0.4, -0.2) is 61.3 Å². The van der Waals surface area contributed by atoms with E-state index in [0.29, 0.717) is 45.8 Å². The summed E-state index contributed by atoms with van der Waals surface area (Å²) >= 11 is 0. The number of nitrogens with zero attached hydrogens (tertiary/aromatic N) is 1. The zero-order valence-electron chi connectivity index (χ0n) is 9.98. The molecule has 0 aromatic heterocycles. The van der Waals surface area contributed by atoms with Gasteiger partial charge in [-0.15, -0.1) is 0 Å². The van der Waals surface area contributed by atoms with E-state index in [2.05, 4.69) is 5.32 Å². The van der Waals surface area contributed by atoms with Crippen LogP contribution in [0.2, 0.25) is 0 Å². The van der Waals surface area contributed by atoms with Crippen LogP contribution in [0, 0.1) is 0 Å². The molecule has 1 heterocycles. The van der Waals surface area contributed by atoms with E-state index in [1.807, 2.05) is 4.90 Å². The minimum absolute atomic E-state index is 0.122. The number of hydrogen-bond acceptors (Lipinski definition) is 4. The van der Waals surface area contributed by atoms with E-state index in [1.54, 1.807) is 0 Å². The average Bonchev–Trinajstić information content (AvgIpc) is 2.34. The van der Waals surface area contributed by atoms with E-state index in [1.165, 1.54) is 0 Å². The monoisotopic (exact) mass is 244 g/mol. The number of carbonyl (C=O) groups excluding carboxylic acids is 1. The van der Waals surface area contributed by atoms with Crippen molar-refractivity contribution in [3.05, 3.63) is 0 Å². The molecule has 6 nitrogen and oxygen atoms in total. The number of carboxylic acid groups (broad SMARTS) is 1. The lowest BCUT2D eigenvalue weighted by atomic mass is 10.2. The van der Waals surface area contributed by atoms with Crippen molar-refractivity contribution < 1.29 is 19.4 Å². The SMILES string of the molecule is O=C(O)CCNCCCC(=O)N1CCOCC1. The summed E-state index contributed by atoms with van der Waals surface area (Å²) in [7, 11) is 0. The van der Waals surface area contributed by atoms with Crippen LogP contribution in [0.15, 0.2) is 0 Å². The fourth-order valence-corrected chi connectivity index (χ4v) is 1.66. The Kier molecular flexibility index (Phi) is 6.57. The van der Waals surface area contributed by atoms with Gasteiger partial charge < -0.3 is 20.1 Å². The largest absolute Gasteiger partial charge is 0.481 e. The number of carbonyl (C=O) groups is 2. The van der Waals surface area contributed by atoms with Crippen LogP contribution in [-0.2, 0) is 14.3 Å². The van der Waals surface area contributed by atoms with Gasteiger partial charge in [0, 0.05) is 26.1 Å². The van der Waals surface area contributed by atoms with Crippen LogP contribution in [0.25, 0.3) is 0 Å². The number of hydrogen-bond donors (Lipinski definition) is 2. The Labute approximate surface area is 101 Å². The molecule has 0 aliphatic carbocycles. The average molecular weight is 244 g/mol. The molecule has 0 atom stereocenters. The molecule has 98 valence electrons. The zero-order valence-corrected chi connectivity index (χ0v) is 9.98. The van der Waals surface area contributed by atoms with Crippen LogP contribution < -0.4 is 5.32 Å². The highest BCUT2D eigenvalue weighted by atomic mass is 16.5. The van der Waals surface area contributed by atoms with Crippen LogP contribution in [0.4, 0.5) is 0 Å². The molecule has 0 aromatic rings. The second-order valence-corrected chi connectivity index (χ2v) is 3.99. The molecular formula is C11H20N2O4. The van der Waals surface area contributed by atoms with E-state index in [4.69, 9.17) is 9.84 Å². The normalized spacial score (nSPS) is 15.9. The lowest BCUT2D eigenvalue weighted by molar-refractivity contribution is -0.137. The van der Waals surface area contributed by atoms with Crippen molar-refractivity contribution in [2.45, 2.75) is 19.3 Å². The Morgan fingerprint density at radius 1 is 1.18 bits per heavy atom. The van der Waals surface area contributed by atoms with Crippen molar-refractivity contribution in [1.29, 1.82) is 0 Å². The Bertz CT molecular complexity index is 252. The smallest absolute Gasteiger partial charge is 0.304 e. The van der Waals surface area contributed by atoms with Gasteiger partial charge >= 0.3 is 5.97 Å². The van der Waals surface area contributed by atoms with Gasteiger partial charge in [-0.25, -0.2) is 0 Å². The summed E-state index contributed by atoms with van der Waals surface area (Å²) in [5, 5.41) is 11.4. The lowest BCUT2D eigenvalue weighted by Crippen LogP contribution is -2.40. The first-order valence-corrected chi connectivity index (χ1v) is 5.98. The van der Waals surface area contributed by atoms with Crippen LogP contribution in [0.5, 0.6) is 0 Å². The molecule has 0 radical (unpaired) electrons. The summed E-state index contributed by atoms with van der Waals surface area (Å²) in [5.41, 5.74) is 0. The number of nitrogens with one attached hydrogen (secondary N) is 1. The molecule has 0 unspecified atom stereocenters. The molecule has 0 saturated carbocycles. The standard InChI is InChI=1S/C11H20N2O4/c14-10(13-6-8-17-9-7-13)2-1-4-12-5-3-11(15)16/h12H,1-9H2,(H,15,16). The van der Waals surface area contributed by atoms with Gasteiger partial charge in [-0.3, -0.25) is 9.59 Å². The van der Waals surface area contributed by atoms with Crippen molar-refractivity contribution in [3.8, 4) is 0 Å². The van der Waals surface area contributed by atoms with E-state index < -0.39 is 5.97 Å². The summed E-state index contributed by atoms with van der Waals surface area (Å²) < 4.78 is 5.17. The van der Waals surface area contributed by atoms with Gasteiger partial charge in [0.25, 0.3) is 0 Å². The summed E-state index contributed by atoms with van der Waals surface area (Å²) in [6, 6.07) is 0. The fraction of sp³-hybridized carbons (Fsp3) is 0.818. The van der Waals surface area contributed by atoms with Crippen LogP contribution in [0.3, 0.4) is 0 Å². The van der Waals surface area contributed by atoms with Crippen molar-refractivity contribution >= 4 is 11.9 Å². The van der Waals surface area contributed by atoms with Gasteiger partial charge in [-0.05, 0) is 13.0 Å². The van der Waals surface area contributed by atoms with Crippen LogP contribution >= 0.6 is 0 Å². The molecule has 0 bridgehead atoms. The molecule has 17 heavy (non-hydrogen) atoms. The molecule has 1 aliphatic rings. The van der Waals surface area contributed by atoms with E-state index in [9.17, 15) is 9.59 Å². The maximum Gasteiger partial charge on any atom is 0.304 e. The minimum atomic E-state index is -0.804. The third-order valence-electron chi connectivity index (χ3n) is 2.62.